The molecule has 1 aromatic rings. The maximum absolute atomic E-state index is 11.1. The third-order valence-corrected chi connectivity index (χ3v) is 4.14. The predicted molar refractivity (Wildman–Crippen MR) is 86.7 cm³/mol. The van der Waals surface area contributed by atoms with E-state index in [-0.39, 0.29) is 12.2 Å². The van der Waals surface area contributed by atoms with E-state index in [1.165, 1.54) is 0 Å². The molecule has 1 fully saturated rings. The number of fused-ring (bicyclic) bond motifs is 1. The van der Waals surface area contributed by atoms with Crippen molar-refractivity contribution in [2.24, 2.45) is 0 Å². The average molecular weight is 304 g/mol. The van der Waals surface area contributed by atoms with Crippen molar-refractivity contribution in [3.05, 3.63) is 18.3 Å². The molecule has 1 saturated heterocycles. The van der Waals surface area contributed by atoms with Crippen LogP contribution in [-0.4, -0.2) is 49.4 Å². The van der Waals surface area contributed by atoms with Crippen molar-refractivity contribution >= 4 is 17.4 Å². The Hall–Kier alpha value is -1.86. The molecule has 7 nitrogen and oxygen atoms in total. The van der Waals surface area contributed by atoms with Crippen LogP contribution in [0, 0.1) is 0 Å². The lowest BCUT2D eigenvalue weighted by Gasteiger charge is -2.33. The maximum atomic E-state index is 11.1. The molecule has 120 valence electrons. The number of anilines is 2. The molecule has 1 amide bonds. The summed E-state index contributed by atoms with van der Waals surface area (Å²) in [5.74, 6) is 0.901. The quantitative estimate of drug-likeness (QED) is 0.617. The molecule has 0 spiro atoms. The Morgan fingerprint density at radius 2 is 2.27 bits per heavy atom. The summed E-state index contributed by atoms with van der Waals surface area (Å²) in [6.45, 7) is 5.02. The number of nitrogens with one attached hydrogen (secondary N) is 4. The van der Waals surface area contributed by atoms with Crippen LogP contribution >= 0.6 is 0 Å². The van der Waals surface area contributed by atoms with Crippen LogP contribution < -0.4 is 26.2 Å². The number of carbonyl (C=O) groups is 1. The highest BCUT2D eigenvalue weighted by Crippen LogP contribution is 2.31. The minimum atomic E-state index is 0.00132. The number of aromatic nitrogens is 1. The Bertz CT molecular complexity index is 517. The average Bonchev–Trinajstić information content (AvgIpc) is 2.86. The van der Waals surface area contributed by atoms with Gasteiger partial charge in [0.05, 0.1) is 5.69 Å². The SMILES string of the molecule is CC(=O)NCCN1c2cccnc2NC1NC1CCNCC1. The largest absolute Gasteiger partial charge is 0.355 e. The fourth-order valence-electron chi connectivity index (χ4n) is 3.03. The van der Waals surface area contributed by atoms with Gasteiger partial charge in [-0.1, -0.05) is 0 Å². The third kappa shape index (κ3) is 3.48. The first-order valence-electron chi connectivity index (χ1n) is 7.93. The lowest BCUT2D eigenvalue weighted by molar-refractivity contribution is -0.118. The van der Waals surface area contributed by atoms with Crippen LogP contribution in [0.3, 0.4) is 0 Å². The van der Waals surface area contributed by atoms with E-state index in [0.717, 1.165) is 44.0 Å². The normalized spacial score (nSPS) is 21.3. The molecule has 4 N–H and O–H groups in total. The fourth-order valence-corrected chi connectivity index (χ4v) is 3.03. The number of hydrogen-bond donors (Lipinski definition) is 4. The summed E-state index contributed by atoms with van der Waals surface area (Å²) < 4.78 is 0. The van der Waals surface area contributed by atoms with Gasteiger partial charge in [0.2, 0.25) is 5.91 Å². The molecule has 1 unspecified atom stereocenters. The minimum Gasteiger partial charge on any atom is -0.355 e. The van der Waals surface area contributed by atoms with Crippen molar-refractivity contribution in [2.75, 3.05) is 36.4 Å². The fraction of sp³-hybridized carbons (Fsp3) is 0.600. The minimum absolute atomic E-state index is 0.00132. The van der Waals surface area contributed by atoms with Gasteiger partial charge in [-0.2, -0.15) is 0 Å². The molecule has 1 aromatic heterocycles. The van der Waals surface area contributed by atoms with E-state index in [1.807, 2.05) is 6.07 Å². The van der Waals surface area contributed by atoms with Crippen molar-refractivity contribution in [1.82, 2.24) is 20.9 Å². The van der Waals surface area contributed by atoms with E-state index >= 15 is 0 Å². The zero-order chi connectivity index (χ0) is 15.4. The molecule has 1 atom stereocenters. The molecule has 0 bridgehead atoms. The van der Waals surface area contributed by atoms with Gasteiger partial charge in [0.1, 0.15) is 0 Å². The number of carbonyl (C=O) groups excluding carboxylic acids is 1. The lowest BCUT2D eigenvalue weighted by atomic mass is 10.1. The molecule has 2 aliphatic rings. The number of hydrogen-bond acceptors (Lipinski definition) is 6. The summed E-state index contributed by atoms with van der Waals surface area (Å²) in [5.41, 5.74) is 1.08. The Morgan fingerprint density at radius 3 is 3.05 bits per heavy atom. The standard InChI is InChI=1S/C15H24N6O/c1-11(22)17-9-10-21-13-3-2-6-18-14(13)20-15(21)19-12-4-7-16-8-5-12/h2-3,6,12,15-16,19H,4-5,7-10H2,1H3,(H,17,22)(H,18,20). The van der Waals surface area contributed by atoms with Gasteiger partial charge in [0, 0.05) is 32.3 Å². The second-order valence-electron chi connectivity index (χ2n) is 5.79. The van der Waals surface area contributed by atoms with Gasteiger partial charge < -0.3 is 20.9 Å². The first kappa shape index (κ1) is 15.1. The molecule has 0 radical (unpaired) electrons. The van der Waals surface area contributed by atoms with Gasteiger partial charge in [-0.3, -0.25) is 10.1 Å². The highest BCUT2D eigenvalue weighted by molar-refractivity contribution is 5.74. The molecule has 0 aliphatic carbocycles. The number of piperidine rings is 1. The van der Waals surface area contributed by atoms with Crippen LogP contribution in [0.25, 0.3) is 0 Å². The summed E-state index contributed by atoms with van der Waals surface area (Å²) in [5, 5.41) is 13.4. The summed E-state index contributed by atoms with van der Waals surface area (Å²) >= 11 is 0. The van der Waals surface area contributed by atoms with Gasteiger partial charge >= 0.3 is 0 Å². The Morgan fingerprint density at radius 1 is 1.45 bits per heavy atom. The van der Waals surface area contributed by atoms with Crippen LogP contribution in [0.15, 0.2) is 18.3 Å². The van der Waals surface area contributed by atoms with Gasteiger partial charge in [-0.15, -0.1) is 0 Å². The number of rotatable bonds is 5. The van der Waals surface area contributed by atoms with E-state index in [0.29, 0.717) is 12.6 Å². The number of pyridine rings is 1. The highest BCUT2D eigenvalue weighted by atomic mass is 16.1. The van der Waals surface area contributed by atoms with Gasteiger partial charge in [0.15, 0.2) is 12.1 Å². The monoisotopic (exact) mass is 304 g/mol. The molecule has 0 aromatic carbocycles. The summed E-state index contributed by atoms with van der Waals surface area (Å²) in [6, 6.07) is 4.50. The second kappa shape index (κ2) is 6.93. The molecule has 3 rings (SSSR count). The molecule has 0 saturated carbocycles. The summed E-state index contributed by atoms with van der Waals surface area (Å²) in [6.07, 6.45) is 4.08. The van der Waals surface area contributed by atoms with E-state index in [2.05, 4.69) is 37.2 Å². The molecule has 22 heavy (non-hydrogen) atoms. The smallest absolute Gasteiger partial charge is 0.216 e. The zero-order valence-corrected chi connectivity index (χ0v) is 12.9. The summed E-state index contributed by atoms with van der Waals surface area (Å²) in [4.78, 5) is 17.7. The van der Waals surface area contributed by atoms with E-state index in [4.69, 9.17) is 0 Å². The Kier molecular flexibility index (Phi) is 4.74. The summed E-state index contributed by atoms with van der Waals surface area (Å²) in [7, 11) is 0. The maximum Gasteiger partial charge on any atom is 0.216 e. The van der Waals surface area contributed by atoms with Crippen LogP contribution in [0.2, 0.25) is 0 Å². The van der Waals surface area contributed by atoms with Crippen molar-refractivity contribution in [2.45, 2.75) is 32.1 Å². The molecule has 3 heterocycles. The number of nitrogens with zero attached hydrogens (tertiary/aromatic N) is 2. The van der Waals surface area contributed by atoms with Crippen LogP contribution in [0.4, 0.5) is 11.5 Å². The van der Waals surface area contributed by atoms with Gasteiger partial charge in [-0.25, -0.2) is 4.98 Å². The van der Waals surface area contributed by atoms with Crippen molar-refractivity contribution < 1.29 is 4.79 Å². The first-order chi connectivity index (χ1) is 10.7. The van der Waals surface area contributed by atoms with Gasteiger partial charge in [-0.05, 0) is 38.1 Å². The third-order valence-electron chi connectivity index (χ3n) is 4.14. The van der Waals surface area contributed by atoms with Crippen molar-refractivity contribution in [1.29, 1.82) is 0 Å². The molecular weight excluding hydrogens is 280 g/mol. The number of amides is 1. The molecule has 2 aliphatic heterocycles. The Labute approximate surface area is 130 Å². The van der Waals surface area contributed by atoms with Crippen LogP contribution in [0.1, 0.15) is 19.8 Å². The van der Waals surface area contributed by atoms with E-state index < -0.39 is 0 Å². The molecule has 7 heteroatoms. The van der Waals surface area contributed by atoms with Crippen LogP contribution in [0.5, 0.6) is 0 Å². The predicted octanol–water partition coefficient (Wildman–Crippen LogP) is 0.0748. The zero-order valence-electron chi connectivity index (χ0n) is 12.9. The molecular formula is C15H24N6O. The first-order valence-corrected chi connectivity index (χ1v) is 7.93. The van der Waals surface area contributed by atoms with Gasteiger partial charge in [0.25, 0.3) is 0 Å². The topological polar surface area (TPSA) is 81.3 Å². The van der Waals surface area contributed by atoms with E-state index in [1.54, 1.807) is 13.1 Å². The highest BCUT2D eigenvalue weighted by Gasteiger charge is 2.30. The lowest BCUT2D eigenvalue weighted by Crippen LogP contribution is -2.54. The van der Waals surface area contributed by atoms with E-state index in [9.17, 15) is 4.79 Å². The van der Waals surface area contributed by atoms with Crippen molar-refractivity contribution in [3.63, 3.8) is 0 Å². The van der Waals surface area contributed by atoms with Crippen molar-refractivity contribution in [3.8, 4) is 0 Å². The van der Waals surface area contributed by atoms with Crippen LogP contribution in [-0.2, 0) is 4.79 Å². The Balaban J connectivity index is 1.66. The second-order valence-corrected chi connectivity index (χ2v) is 5.79.